The molecular formula is C68H45IN2S2. The molecule has 2 aromatic heterocycles. The molecule has 15 rings (SSSR count). The molecule has 2 nitrogen and oxygen atoms in total. The molecule has 3 aliphatic rings. The Morgan fingerprint density at radius 1 is 0.534 bits per heavy atom. The van der Waals surface area contributed by atoms with Gasteiger partial charge in [-0.3, -0.25) is 0 Å². The summed E-state index contributed by atoms with van der Waals surface area (Å²) in [6.45, 7) is 2.39. The van der Waals surface area contributed by atoms with Crippen molar-refractivity contribution in [3.8, 4) is 39.1 Å². The summed E-state index contributed by atoms with van der Waals surface area (Å²) in [5, 5.41) is 3.80. The van der Waals surface area contributed by atoms with Crippen LogP contribution in [0.3, 0.4) is 0 Å². The molecule has 1 unspecified atom stereocenters. The Bertz CT molecular complexity index is 4200. The van der Waals surface area contributed by atoms with Crippen molar-refractivity contribution in [2.75, 3.05) is 4.90 Å². The molecule has 0 N–H and O–H groups in total. The number of fused-ring (bicyclic) bond motifs is 15. The smallest absolute Gasteiger partial charge is 0.0735 e. The molecule has 1 aliphatic heterocycles. The number of hydrogen-bond acceptors (Lipinski definition) is 3. The van der Waals surface area contributed by atoms with E-state index in [0.29, 0.717) is 5.92 Å². The Morgan fingerprint density at radius 3 is 1.90 bits per heavy atom. The van der Waals surface area contributed by atoms with E-state index in [-0.39, 0.29) is 0 Å². The van der Waals surface area contributed by atoms with Crippen molar-refractivity contribution in [3.05, 3.63) is 267 Å². The van der Waals surface area contributed by atoms with Crippen LogP contribution in [0.5, 0.6) is 0 Å². The highest BCUT2D eigenvalue weighted by atomic mass is 127. The van der Waals surface area contributed by atoms with Gasteiger partial charge in [0.25, 0.3) is 0 Å². The molecule has 0 saturated heterocycles. The second kappa shape index (κ2) is 16.8. The van der Waals surface area contributed by atoms with E-state index in [1.54, 1.807) is 0 Å². The first-order chi connectivity index (χ1) is 36.0. The van der Waals surface area contributed by atoms with Gasteiger partial charge in [0.05, 0.1) is 22.1 Å². The third-order valence-corrected chi connectivity index (χ3v) is 18.7. The lowest BCUT2D eigenvalue weighted by Crippen LogP contribution is -2.31. The van der Waals surface area contributed by atoms with Gasteiger partial charge in [0.1, 0.15) is 0 Å². The van der Waals surface area contributed by atoms with Crippen molar-refractivity contribution in [1.82, 2.24) is 4.57 Å². The zero-order chi connectivity index (χ0) is 48.4. The first-order valence-corrected chi connectivity index (χ1v) is 27.9. The molecular weight excluding hydrogens is 1040 g/mol. The minimum atomic E-state index is -0.414. The minimum absolute atomic E-state index is 0.414. The lowest BCUT2D eigenvalue weighted by Gasteiger charge is -2.39. The van der Waals surface area contributed by atoms with Crippen molar-refractivity contribution >= 4 is 101 Å². The van der Waals surface area contributed by atoms with Crippen LogP contribution in [-0.2, 0) is 5.41 Å². The topological polar surface area (TPSA) is 8.17 Å². The van der Waals surface area contributed by atoms with Crippen LogP contribution < -0.4 is 4.90 Å². The first kappa shape index (κ1) is 43.2. The van der Waals surface area contributed by atoms with Gasteiger partial charge >= 0.3 is 0 Å². The number of hydrogen-bond donors (Lipinski definition) is 0. The maximum absolute atomic E-state index is 2.50. The molecule has 0 bridgehead atoms. The van der Waals surface area contributed by atoms with Crippen LogP contribution in [-0.4, -0.2) is 4.57 Å². The van der Waals surface area contributed by atoms with Gasteiger partial charge in [0.2, 0.25) is 0 Å². The van der Waals surface area contributed by atoms with Crippen molar-refractivity contribution in [2.24, 2.45) is 0 Å². The number of aromatic nitrogens is 1. The van der Waals surface area contributed by atoms with Crippen LogP contribution in [0.4, 0.5) is 17.1 Å². The predicted octanol–water partition coefficient (Wildman–Crippen LogP) is 19.8. The van der Waals surface area contributed by atoms with Gasteiger partial charge in [-0.2, -0.15) is 0 Å². The average Bonchev–Trinajstić information content (AvgIpc) is 4.08. The van der Waals surface area contributed by atoms with Crippen molar-refractivity contribution in [1.29, 1.82) is 0 Å². The molecule has 1 spiro atoms. The van der Waals surface area contributed by atoms with E-state index in [2.05, 4.69) is 276 Å². The van der Waals surface area contributed by atoms with Crippen molar-refractivity contribution < 1.29 is 0 Å². The van der Waals surface area contributed by atoms with E-state index in [0.717, 1.165) is 23.5 Å². The Balaban J connectivity index is 0.956. The predicted molar refractivity (Wildman–Crippen MR) is 318 cm³/mol. The molecule has 1 atom stereocenters. The maximum atomic E-state index is 2.50. The zero-order valence-corrected chi connectivity index (χ0v) is 43.7. The monoisotopic (exact) mass is 1080 g/mol. The Hall–Kier alpha value is -7.42. The molecule has 3 heterocycles. The average molecular weight is 1080 g/mol. The third kappa shape index (κ3) is 6.48. The highest BCUT2D eigenvalue weighted by molar-refractivity contribution is 14.1. The maximum Gasteiger partial charge on any atom is 0.0735 e. The summed E-state index contributed by atoms with van der Waals surface area (Å²) < 4.78 is 5.02. The highest BCUT2D eigenvalue weighted by Crippen LogP contribution is 2.63. The fraction of sp³-hybridized carbons (Fsp3) is 0.0588. The molecule has 73 heavy (non-hydrogen) atoms. The van der Waals surface area contributed by atoms with E-state index in [9.17, 15) is 0 Å². The summed E-state index contributed by atoms with van der Waals surface area (Å²) in [7, 11) is 0. The summed E-state index contributed by atoms with van der Waals surface area (Å²) in [5.41, 5.74) is 20.9. The van der Waals surface area contributed by atoms with Crippen LogP contribution in [0.1, 0.15) is 52.0 Å². The lowest BCUT2D eigenvalue weighted by molar-refractivity contribution is 0.722. The minimum Gasteiger partial charge on any atom is -0.310 e. The number of para-hydroxylation sites is 2. The summed E-state index contributed by atoms with van der Waals surface area (Å²) in [4.78, 5) is 6.52. The Labute approximate surface area is 447 Å². The van der Waals surface area contributed by atoms with E-state index in [1.807, 2.05) is 23.1 Å². The molecule has 10 aromatic carbocycles. The van der Waals surface area contributed by atoms with Gasteiger partial charge in [-0.05, 0) is 194 Å². The van der Waals surface area contributed by atoms with Gasteiger partial charge < -0.3 is 9.47 Å². The van der Waals surface area contributed by atoms with Crippen molar-refractivity contribution in [3.63, 3.8) is 0 Å². The van der Waals surface area contributed by atoms with E-state index in [1.165, 1.54) is 117 Å². The largest absolute Gasteiger partial charge is 0.310 e. The standard InChI is InChI=1S/C68H45IN2S2/c1-42-16-15-27-63-65(42)67-64(73-63)37-36-60(66(67)43-17-5-2-6-18-43)70(47-19-7-3-8-20-47)49-31-35-59-53(41-49)52-39-45(29-34-58(52)71(59)48-21-9-4-10-22-48)44-28-32-54-50(38-44)51-40-46(69)30-33-55(51)68(54)56-23-11-13-25-61(56)72-62-26-14-12-24-57(62)68/h2-15,17-42H,16H2,1H3. The van der Waals surface area contributed by atoms with Gasteiger partial charge in [0, 0.05) is 61.7 Å². The Morgan fingerprint density at radius 2 is 1.15 bits per heavy atom. The normalized spacial score (nSPS) is 14.8. The molecule has 0 radical (unpaired) electrons. The number of nitrogens with zero attached hydrogens (tertiary/aromatic N) is 2. The third-order valence-electron chi connectivity index (χ3n) is 15.7. The quantitative estimate of drug-likeness (QED) is 0.153. The number of benzene rings is 10. The molecule has 346 valence electrons. The summed E-state index contributed by atoms with van der Waals surface area (Å²) >= 11 is 6.31. The number of thiophene rings is 1. The SMILES string of the molecule is CC1CC=Cc2sc3ccc(N(c4ccccc4)c4ccc5c(c4)c4cc(-c6ccc7c(c6)-c6cc(I)ccc6C76c7ccccc7Sc7ccccc76)ccc4n5-c4ccccc4)c(-c4ccccc4)c3c21. The zero-order valence-electron chi connectivity index (χ0n) is 39.9. The van der Waals surface area contributed by atoms with E-state index < -0.39 is 5.41 Å². The molecule has 0 fully saturated rings. The summed E-state index contributed by atoms with van der Waals surface area (Å²) in [6.07, 6.45) is 5.74. The number of rotatable bonds is 6. The Kier molecular flexibility index (Phi) is 9.95. The molecule has 2 aliphatic carbocycles. The van der Waals surface area contributed by atoms with Crippen LogP contribution in [0.25, 0.3) is 77.0 Å². The van der Waals surface area contributed by atoms with E-state index in [4.69, 9.17) is 0 Å². The first-order valence-electron chi connectivity index (χ1n) is 25.2. The highest BCUT2D eigenvalue weighted by Gasteiger charge is 2.50. The number of allylic oxidation sites excluding steroid dienone is 1. The fourth-order valence-electron chi connectivity index (χ4n) is 12.7. The molecule has 0 amide bonds. The lowest BCUT2D eigenvalue weighted by atomic mass is 9.67. The van der Waals surface area contributed by atoms with Crippen LogP contribution in [0, 0.1) is 3.57 Å². The van der Waals surface area contributed by atoms with Crippen LogP contribution >= 0.6 is 45.7 Å². The van der Waals surface area contributed by atoms with Gasteiger partial charge in [-0.15, -0.1) is 11.3 Å². The van der Waals surface area contributed by atoms with Crippen LogP contribution in [0.2, 0.25) is 0 Å². The second-order valence-corrected chi connectivity index (χ2v) is 23.1. The summed E-state index contributed by atoms with van der Waals surface area (Å²) in [6, 6.07) is 84.4. The molecule has 0 saturated carbocycles. The van der Waals surface area contributed by atoms with Gasteiger partial charge in [-0.1, -0.05) is 152 Å². The number of anilines is 3. The van der Waals surface area contributed by atoms with E-state index >= 15 is 0 Å². The second-order valence-electron chi connectivity index (χ2n) is 19.7. The molecule has 12 aromatic rings. The molecule has 5 heteroatoms. The van der Waals surface area contributed by atoms with Gasteiger partial charge in [0.15, 0.2) is 0 Å². The van der Waals surface area contributed by atoms with Crippen LogP contribution in [0.15, 0.2) is 240 Å². The van der Waals surface area contributed by atoms with Crippen molar-refractivity contribution in [2.45, 2.75) is 34.5 Å². The summed E-state index contributed by atoms with van der Waals surface area (Å²) in [5.74, 6) is 0.427. The van der Waals surface area contributed by atoms with Gasteiger partial charge in [-0.25, -0.2) is 0 Å². The number of halogens is 1. The fourth-order valence-corrected chi connectivity index (χ4v) is 15.6.